The molecule has 94 valence electrons. The minimum atomic E-state index is -0.970. The van der Waals surface area contributed by atoms with Crippen LogP contribution in [-0.4, -0.2) is 21.2 Å². The Bertz CT molecular complexity index is 757. The van der Waals surface area contributed by atoms with E-state index in [9.17, 15) is 9.90 Å². The van der Waals surface area contributed by atoms with Gasteiger partial charge in [0.05, 0.1) is 0 Å². The molecule has 4 nitrogen and oxygen atoms in total. The SMILES string of the molecule is O=C(O)c1cc2ccc(-c3ccc(O)cc3)cc2[nH]1. The topological polar surface area (TPSA) is 73.3 Å². The lowest BCUT2D eigenvalue weighted by Crippen LogP contribution is -1.94. The Labute approximate surface area is 108 Å². The molecular formula is C15H11NO3. The third kappa shape index (κ3) is 2.04. The van der Waals surface area contributed by atoms with Gasteiger partial charge in [-0.1, -0.05) is 24.3 Å². The molecule has 1 aromatic heterocycles. The predicted molar refractivity (Wildman–Crippen MR) is 72.4 cm³/mol. The van der Waals surface area contributed by atoms with Crippen molar-refractivity contribution in [2.24, 2.45) is 0 Å². The number of aromatic nitrogens is 1. The number of rotatable bonds is 2. The molecule has 0 aliphatic carbocycles. The van der Waals surface area contributed by atoms with Crippen molar-refractivity contribution < 1.29 is 15.0 Å². The maximum absolute atomic E-state index is 10.9. The van der Waals surface area contributed by atoms with Gasteiger partial charge in [0.15, 0.2) is 0 Å². The number of H-pyrrole nitrogens is 1. The smallest absolute Gasteiger partial charge is 0.352 e. The molecule has 3 N–H and O–H groups in total. The van der Waals surface area contributed by atoms with E-state index in [4.69, 9.17) is 5.11 Å². The molecule has 0 saturated carbocycles. The summed E-state index contributed by atoms with van der Waals surface area (Å²) >= 11 is 0. The highest BCUT2D eigenvalue weighted by Gasteiger charge is 2.08. The van der Waals surface area contributed by atoms with E-state index in [-0.39, 0.29) is 11.4 Å². The Morgan fingerprint density at radius 2 is 1.63 bits per heavy atom. The standard InChI is InChI=1S/C15H11NO3/c17-12-5-3-9(4-6-12)10-1-2-11-8-14(15(18)19)16-13(11)7-10/h1-8,16-17H,(H,18,19). The van der Waals surface area contributed by atoms with Crippen LogP contribution >= 0.6 is 0 Å². The number of hydrogen-bond donors (Lipinski definition) is 3. The zero-order chi connectivity index (χ0) is 13.4. The summed E-state index contributed by atoms with van der Waals surface area (Å²) in [6.07, 6.45) is 0. The summed E-state index contributed by atoms with van der Waals surface area (Å²) < 4.78 is 0. The van der Waals surface area contributed by atoms with Gasteiger partial charge in [0.1, 0.15) is 11.4 Å². The van der Waals surface area contributed by atoms with Gasteiger partial charge >= 0.3 is 5.97 Å². The van der Waals surface area contributed by atoms with Gasteiger partial charge in [0.25, 0.3) is 0 Å². The molecule has 0 atom stereocenters. The number of carbonyl (C=O) groups is 1. The highest BCUT2D eigenvalue weighted by molar-refractivity contribution is 5.95. The van der Waals surface area contributed by atoms with Gasteiger partial charge in [0.2, 0.25) is 0 Å². The zero-order valence-corrected chi connectivity index (χ0v) is 9.92. The number of carboxylic acids is 1. The average Bonchev–Trinajstić information content (AvgIpc) is 2.82. The third-order valence-corrected chi connectivity index (χ3v) is 3.05. The fraction of sp³-hybridized carbons (Fsp3) is 0. The fourth-order valence-corrected chi connectivity index (χ4v) is 2.08. The van der Waals surface area contributed by atoms with Crippen LogP contribution in [0.3, 0.4) is 0 Å². The van der Waals surface area contributed by atoms with Crippen molar-refractivity contribution in [2.45, 2.75) is 0 Å². The van der Waals surface area contributed by atoms with Crippen molar-refractivity contribution in [1.29, 1.82) is 0 Å². The Morgan fingerprint density at radius 3 is 2.32 bits per heavy atom. The molecule has 0 spiro atoms. The lowest BCUT2D eigenvalue weighted by atomic mass is 10.0. The van der Waals surface area contributed by atoms with Crippen molar-refractivity contribution in [3.63, 3.8) is 0 Å². The van der Waals surface area contributed by atoms with Crippen molar-refractivity contribution in [2.75, 3.05) is 0 Å². The first-order chi connectivity index (χ1) is 9.13. The molecular weight excluding hydrogens is 242 g/mol. The molecule has 0 bridgehead atoms. The summed E-state index contributed by atoms with van der Waals surface area (Å²) in [5.41, 5.74) is 2.89. The Morgan fingerprint density at radius 1 is 0.947 bits per heavy atom. The zero-order valence-electron chi connectivity index (χ0n) is 9.92. The van der Waals surface area contributed by atoms with Crippen LogP contribution in [0.2, 0.25) is 0 Å². The monoisotopic (exact) mass is 253 g/mol. The normalized spacial score (nSPS) is 10.7. The second kappa shape index (κ2) is 4.17. The first-order valence-corrected chi connectivity index (χ1v) is 5.79. The second-order valence-electron chi connectivity index (χ2n) is 4.34. The van der Waals surface area contributed by atoms with Crippen LogP contribution in [0, 0.1) is 0 Å². The van der Waals surface area contributed by atoms with Crippen molar-refractivity contribution >= 4 is 16.9 Å². The van der Waals surface area contributed by atoms with E-state index >= 15 is 0 Å². The largest absolute Gasteiger partial charge is 0.508 e. The summed E-state index contributed by atoms with van der Waals surface area (Å²) in [7, 11) is 0. The van der Waals surface area contributed by atoms with Crippen molar-refractivity contribution in [3.8, 4) is 16.9 Å². The summed E-state index contributed by atoms with van der Waals surface area (Å²) in [6.45, 7) is 0. The highest BCUT2D eigenvalue weighted by atomic mass is 16.4. The minimum Gasteiger partial charge on any atom is -0.508 e. The van der Waals surface area contributed by atoms with Crippen LogP contribution in [0.25, 0.3) is 22.0 Å². The van der Waals surface area contributed by atoms with Gasteiger partial charge in [-0.2, -0.15) is 0 Å². The van der Waals surface area contributed by atoms with Gasteiger partial charge in [0, 0.05) is 10.9 Å². The number of phenols is 1. The molecule has 0 fully saturated rings. The van der Waals surface area contributed by atoms with E-state index in [1.807, 2.05) is 30.3 Å². The molecule has 0 aliphatic heterocycles. The predicted octanol–water partition coefficient (Wildman–Crippen LogP) is 3.24. The molecule has 2 aromatic carbocycles. The number of benzene rings is 2. The Hall–Kier alpha value is -2.75. The average molecular weight is 253 g/mol. The minimum absolute atomic E-state index is 0.179. The summed E-state index contributed by atoms with van der Waals surface area (Å²) in [5, 5.41) is 19.1. The van der Waals surface area contributed by atoms with Crippen molar-refractivity contribution in [1.82, 2.24) is 4.98 Å². The Balaban J connectivity index is 2.10. The van der Waals surface area contributed by atoms with Gasteiger partial charge in [-0.15, -0.1) is 0 Å². The van der Waals surface area contributed by atoms with Gasteiger partial charge in [-0.05, 0) is 35.4 Å². The number of hydrogen-bond acceptors (Lipinski definition) is 2. The molecule has 3 rings (SSSR count). The summed E-state index contributed by atoms with van der Waals surface area (Å²) in [6, 6.07) is 14.2. The maximum atomic E-state index is 10.9. The number of aromatic amines is 1. The number of nitrogens with one attached hydrogen (secondary N) is 1. The first kappa shape index (κ1) is 11.3. The quantitative estimate of drug-likeness (QED) is 0.656. The van der Waals surface area contributed by atoms with Gasteiger partial charge in [-0.3, -0.25) is 0 Å². The highest BCUT2D eigenvalue weighted by Crippen LogP contribution is 2.26. The van der Waals surface area contributed by atoms with Gasteiger partial charge < -0.3 is 15.2 Å². The lowest BCUT2D eigenvalue weighted by Gasteiger charge is -2.02. The second-order valence-corrected chi connectivity index (χ2v) is 4.34. The van der Waals surface area contributed by atoms with E-state index in [0.29, 0.717) is 0 Å². The van der Waals surface area contributed by atoms with E-state index < -0.39 is 5.97 Å². The fourth-order valence-electron chi connectivity index (χ4n) is 2.08. The van der Waals surface area contributed by atoms with E-state index in [1.54, 1.807) is 18.2 Å². The third-order valence-electron chi connectivity index (χ3n) is 3.05. The number of fused-ring (bicyclic) bond motifs is 1. The number of aromatic hydroxyl groups is 1. The Kier molecular flexibility index (Phi) is 2.49. The van der Waals surface area contributed by atoms with E-state index in [1.165, 1.54) is 0 Å². The van der Waals surface area contributed by atoms with Crippen LogP contribution < -0.4 is 0 Å². The molecule has 3 aromatic rings. The molecule has 0 radical (unpaired) electrons. The van der Waals surface area contributed by atoms with Crippen LogP contribution in [0.1, 0.15) is 10.5 Å². The van der Waals surface area contributed by atoms with Crippen LogP contribution in [0.15, 0.2) is 48.5 Å². The molecule has 0 amide bonds. The van der Waals surface area contributed by atoms with Crippen LogP contribution in [-0.2, 0) is 0 Å². The number of aromatic carboxylic acids is 1. The van der Waals surface area contributed by atoms with Crippen molar-refractivity contribution in [3.05, 3.63) is 54.2 Å². The first-order valence-electron chi connectivity index (χ1n) is 5.79. The molecule has 0 unspecified atom stereocenters. The number of carboxylic acid groups (broad SMARTS) is 1. The van der Waals surface area contributed by atoms with E-state index in [2.05, 4.69) is 4.98 Å². The molecule has 1 heterocycles. The molecule has 19 heavy (non-hydrogen) atoms. The molecule has 0 saturated heterocycles. The molecule has 4 heteroatoms. The van der Waals surface area contributed by atoms with Crippen LogP contribution in [0.4, 0.5) is 0 Å². The van der Waals surface area contributed by atoms with E-state index in [0.717, 1.165) is 22.0 Å². The summed E-state index contributed by atoms with van der Waals surface area (Å²) in [5.74, 6) is -0.750. The maximum Gasteiger partial charge on any atom is 0.352 e. The lowest BCUT2D eigenvalue weighted by molar-refractivity contribution is 0.0691. The molecule has 0 aliphatic rings. The van der Waals surface area contributed by atoms with Crippen LogP contribution in [0.5, 0.6) is 5.75 Å². The van der Waals surface area contributed by atoms with Gasteiger partial charge in [-0.25, -0.2) is 4.79 Å². The summed E-state index contributed by atoms with van der Waals surface area (Å²) in [4.78, 5) is 13.8. The number of phenolic OH excluding ortho intramolecular Hbond substituents is 1.